The average Bonchev–Trinajstić information content (AvgIpc) is 2.78. The highest BCUT2D eigenvalue weighted by Gasteiger charge is 2.17. The van der Waals surface area contributed by atoms with Gasteiger partial charge in [-0.25, -0.2) is 0 Å². The van der Waals surface area contributed by atoms with E-state index in [2.05, 4.69) is 10.6 Å². The van der Waals surface area contributed by atoms with E-state index in [1.165, 1.54) is 0 Å². The van der Waals surface area contributed by atoms with Crippen molar-refractivity contribution in [3.8, 4) is 5.75 Å². The third-order valence-corrected chi connectivity index (χ3v) is 4.78. The second-order valence-electron chi connectivity index (χ2n) is 7.05. The Hall–Kier alpha value is -3.60. The van der Waals surface area contributed by atoms with E-state index in [0.717, 1.165) is 12.0 Å². The number of nitrogens with one attached hydrogen (secondary N) is 2. The molecule has 3 rings (SSSR count). The van der Waals surface area contributed by atoms with Crippen molar-refractivity contribution in [3.63, 3.8) is 0 Å². The average molecular weight is 402 g/mol. The van der Waals surface area contributed by atoms with Gasteiger partial charge in [0, 0.05) is 6.04 Å². The molecule has 30 heavy (non-hydrogen) atoms. The number of para-hydroxylation sites is 2. The molecular formula is C25H26N2O3. The molecule has 0 radical (unpaired) electrons. The molecule has 0 spiro atoms. The van der Waals surface area contributed by atoms with Crippen LogP contribution < -0.4 is 15.4 Å². The molecule has 5 nitrogen and oxygen atoms in total. The predicted molar refractivity (Wildman–Crippen MR) is 119 cm³/mol. The van der Waals surface area contributed by atoms with Gasteiger partial charge in [-0.2, -0.15) is 0 Å². The summed E-state index contributed by atoms with van der Waals surface area (Å²) in [5, 5.41) is 5.79. The normalized spacial score (nSPS) is 11.4. The van der Waals surface area contributed by atoms with Gasteiger partial charge >= 0.3 is 0 Å². The van der Waals surface area contributed by atoms with Gasteiger partial charge in [0.25, 0.3) is 11.8 Å². The van der Waals surface area contributed by atoms with Crippen LogP contribution in [0.5, 0.6) is 5.75 Å². The van der Waals surface area contributed by atoms with Crippen molar-refractivity contribution < 1.29 is 14.3 Å². The summed E-state index contributed by atoms with van der Waals surface area (Å²) in [5.74, 6) is -0.0586. The molecule has 0 aliphatic rings. The fourth-order valence-corrected chi connectivity index (χ4v) is 2.90. The third-order valence-electron chi connectivity index (χ3n) is 4.78. The maximum atomic E-state index is 13.0. The molecule has 5 heteroatoms. The van der Waals surface area contributed by atoms with Crippen molar-refractivity contribution in [1.29, 1.82) is 0 Å². The second kappa shape index (κ2) is 10.3. The Labute approximate surface area is 177 Å². The van der Waals surface area contributed by atoms with E-state index in [9.17, 15) is 9.59 Å². The number of carbonyl (C=O) groups excluding carboxylic acids is 2. The molecule has 2 amide bonds. The van der Waals surface area contributed by atoms with Crippen molar-refractivity contribution in [2.24, 2.45) is 0 Å². The second-order valence-corrected chi connectivity index (χ2v) is 7.05. The van der Waals surface area contributed by atoms with Crippen LogP contribution in [-0.2, 0) is 6.61 Å². The summed E-state index contributed by atoms with van der Waals surface area (Å²) < 4.78 is 5.89. The molecule has 0 heterocycles. The standard InChI is InChI=1S/C25H26N2O3/c1-3-18(2)26-24(28)20-13-7-9-15-22(20)27-25(29)21-14-8-10-16-23(21)30-17-19-11-5-4-6-12-19/h4-16,18H,3,17H2,1-2H3,(H,26,28)(H,27,29)/t18-/m1/s1. The zero-order valence-electron chi connectivity index (χ0n) is 17.2. The van der Waals surface area contributed by atoms with Crippen molar-refractivity contribution in [2.75, 3.05) is 5.32 Å². The van der Waals surface area contributed by atoms with Gasteiger partial charge in [0.15, 0.2) is 0 Å². The summed E-state index contributed by atoms with van der Waals surface area (Å²) in [6.07, 6.45) is 0.826. The van der Waals surface area contributed by atoms with Crippen LogP contribution >= 0.6 is 0 Å². The number of ether oxygens (including phenoxy) is 1. The first-order valence-corrected chi connectivity index (χ1v) is 10.1. The van der Waals surface area contributed by atoms with Crippen LogP contribution in [0, 0.1) is 0 Å². The van der Waals surface area contributed by atoms with Gasteiger partial charge in [-0.05, 0) is 43.2 Å². The van der Waals surface area contributed by atoms with Crippen LogP contribution in [0.15, 0.2) is 78.9 Å². The van der Waals surface area contributed by atoms with Crippen LogP contribution in [0.25, 0.3) is 0 Å². The van der Waals surface area contributed by atoms with Crippen molar-refractivity contribution in [1.82, 2.24) is 5.32 Å². The van der Waals surface area contributed by atoms with Crippen molar-refractivity contribution in [2.45, 2.75) is 32.9 Å². The molecule has 0 unspecified atom stereocenters. The summed E-state index contributed by atoms with van der Waals surface area (Å²) >= 11 is 0. The van der Waals surface area contributed by atoms with Crippen molar-refractivity contribution >= 4 is 17.5 Å². The number of carbonyl (C=O) groups is 2. The highest BCUT2D eigenvalue weighted by molar-refractivity contribution is 6.10. The number of amides is 2. The van der Waals surface area contributed by atoms with E-state index in [1.54, 1.807) is 42.5 Å². The summed E-state index contributed by atoms with van der Waals surface area (Å²) in [6.45, 7) is 4.31. The van der Waals surface area contributed by atoms with E-state index in [4.69, 9.17) is 4.74 Å². The Morgan fingerprint density at radius 3 is 2.20 bits per heavy atom. The zero-order valence-corrected chi connectivity index (χ0v) is 17.2. The number of hydrogen-bond donors (Lipinski definition) is 2. The maximum Gasteiger partial charge on any atom is 0.259 e. The molecule has 2 N–H and O–H groups in total. The molecule has 0 fully saturated rings. The molecule has 0 aliphatic carbocycles. The molecule has 154 valence electrons. The Morgan fingerprint density at radius 2 is 1.47 bits per heavy atom. The summed E-state index contributed by atoms with van der Waals surface area (Å²) in [4.78, 5) is 25.6. The summed E-state index contributed by atoms with van der Waals surface area (Å²) in [5.41, 5.74) is 2.31. The van der Waals surface area contributed by atoms with Gasteiger partial charge in [-0.15, -0.1) is 0 Å². The highest BCUT2D eigenvalue weighted by atomic mass is 16.5. The lowest BCUT2D eigenvalue weighted by atomic mass is 10.1. The molecule has 0 aromatic heterocycles. The largest absolute Gasteiger partial charge is 0.488 e. The fraction of sp³-hybridized carbons (Fsp3) is 0.200. The van der Waals surface area contributed by atoms with E-state index in [0.29, 0.717) is 29.2 Å². The van der Waals surface area contributed by atoms with Gasteiger partial charge in [-0.3, -0.25) is 9.59 Å². The molecule has 3 aromatic rings. The lowest BCUT2D eigenvalue weighted by Crippen LogP contribution is -2.32. The SMILES string of the molecule is CC[C@@H](C)NC(=O)c1ccccc1NC(=O)c1ccccc1OCc1ccccc1. The van der Waals surface area contributed by atoms with E-state index in [1.807, 2.05) is 50.2 Å². The third kappa shape index (κ3) is 5.47. The highest BCUT2D eigenvalue weighted by Crippen LogP contribution is 2.22. The van der Waals surface area contributed by atoms with Crippen LogP contribution in [0.2, 0.25) is 0 Å². The Kier molecular flexibility index (Phi) is 7.22. The predicted octanol–water partition coefficient (Wildman–Crippen LogP) is 5.05. The number of hydrogen-bond acceptors (Lipinski definition) is 3. The quantitative estimate of drug-likeness (QED) is 0.554. The fourth-order valence-electron chi connectivity index (χ4n) is 2.90. The first-order chi connectivity index (χ1) is 14.6. The van der Waals surface area contributed by atoms with Crippen LogP contribution in [0.1, 0.15) is 46.5 Å². The van der Waals surface area contributed by atoms with Crippen LogP contribution in [-0.4, -0.2) is 17.9 Å². The molecule has 0 saturated heterocycles. The van der Waals surface area contributed by atoms with Crippen LogP contribution in [0.3, 0.4) is 0 Å². The summed E-state index contributed by atoms with van der Waals surface area (Å²) in [6, 6.07) is 23.9. The molecule has 3 aromatic carbocycles. The van der Waals surface area contributed by atoms with E-state index < -0.39 is 0 Å². The molecule has 0 bridgehead atoms. The first-order valence-electron chi connectivity index (χ1n) is 10.1. The molecule has 0 aliphatic heterocycles. The van der Waals surface area contributed by atoms with Gasteiger partial charge in [0.05, 0.1) is 16.8 Å². The van der Waals surface area contributed by atoms with Crippen molar-refractivity contribution in [3.05, 3.63) is 95.6 Å². The van der Waals surface area contributed by atoms with E-state index in [-0.39, 0.29) is 17.9 Å². The topological polar surface area (TPSA) is 67.4 Å². The van der Waals surface area contributed by atoms with Crippen LogP contribution in [0.4, 0.5) is 5.69 Å². The zero-order chi connectivity index (χ0) is 21.3. The Balaban J connectivity index is 1.76. The number of rotatable bonds is 8. The van der Waals surface area contributed by atoms with Gasteiger partial charge in [0.1, 0.15) is 12.4 Å². The maximum absolute atomic E-state index is 13.0. The van der Waals surface area contributed by atoms with Gasteiger partial charge in [-0.1, -0.05) is 61.5 Å². The Morgan fingerprint density at radius 1 is 0.833 bits per heavy atom. The lowest BCUT2D eigenvalue weighted by Gasteiger charge is -2.15. The lowest BCUT2D eigenvalue weighted by molar-refractivity contribution is 0.0940. The molecular weight excluding hydrogens is 376 g/mol. The smallest absolute Gasteiger partial charge is 0.259 e. The Bertz CT molecular complexity index is 1000. The van der Waals surface area contributed by atoms with Gasteiger partial charge in [0.2, 0.25) is 0 Å². The minimum Gasteiger partial charge on any atom is -0.488 e. The van der Waals surface area contributed by atoms with Gasteiger partial charge < -0.3 is 15.4 Å². The monoisotopic (exact) mass is 402 g/mol. The minimum absolute atomic E-state index is 0.0494. The minimum atomic E-state index is -0.331. The summed E-state index contributed by atoms with van der Waals surface area (Å²) in [7, 11) is 0. The first kappa shape index (κ1) is 21.1. The number of anilines is 1. The molecule has 0 saturated carbocycles. The molecule has 1 atom stereocenters. The van der Waals surface area contributed by atoms with E-state index >= 15 is 0 Å². The number of benzene rings is 3.